The second-order valence-corrected chi connectivity index (χ2v) is 5.11. The molecule has 0 aliphatic carbocycles. The lowest BCUT2D eigenvalue weighted by atomic mass is 9.99. The number of carbonyl (C=O) groups is 1. The molecule has 4 heteroatoms. The number of hydrogen-bond acceptors (Lipinski definition) is 2. The van der Waals surface area contributed by atoms with Crippen molar-refractivity contribution >= 4 is 17.5 Å². The number of likely N-dealkylation sites (tertiary alicyclic amines) is 1. The number of benzene rings is 1. The van der Waals surface area contributed by atoms with Gasteiger partial charge in [0.25, 0.3) is 5.91 Å². The number of nitrogens with zero attached hydrogens (tertiary/aromatic N) is 2. The van der Waals surface area contributed by atoms with E-state index < -0.39 is 0 Å². The zero-order chi connectivity index (χ0) is 13.1. The van der Waals surface area contributed by atoms with Crippen molar-refractivity contribution in [1.82, 2.24) is 4.90 Å². The van der Waals surface area contributed by atoms with Crippen LogP contribution in [-0.2, 0) is 0 Å². The summed E-state index contributed by atoms with van der Waals surface area (Å²) in [5.74, 6) is -0.119. The Morgan fingerprint density at radius 3 is 3.00 bits per heavy atom. The monoisotopic (exact) mass is 262 g/mol. The second kappa shape index (κ2) is 5.41. The molecule has 1 amide bonds. The van der Waals surface area contributed by atoms with Crippen molar-refractivity contribution < 1.29 is 4.79 Å². The molecule has 0 bridgehead atoms. The summed E-state index contributed by atoms with van der Waals surface area (Å²) in [5.41, 5.74) is 1.56. The van der Waals surface area contributed by atoms with Crippen molar-refractivity contribution in [2.75, 3.05) is 13.1 Å². The molecule has 1 aliphatic heterocycles. The number of amides is 1. The van der Waals surface area contributed by atoms with E-state index in [2.05, 4.69) is 6.07 Å². The molecule has 0 radical (unpaired) electrons. The third-order valence-corrected chi connectivity index (χ3v) is 3.56. The van der Waals surface area contributed by atoms with Crippen molar-refractivity contribution in [3.63, 3.8) is 0 Å². The Kier molecular flexibility index (Phi) is 3.88. The van der Waals surface area contributed by atoms with E-state index >= 15 is 0 Å². The third-order valence-electron chi connectivity index (χ3n) is 3.25. The first-order chi connectivity index (χ1) is 8.61. The fraction of sp³-hybridized carbons (Fsp3) is 0.429. The maximum atomic E-state index is 12.3. The molecule has 1 fully saturated rings. The first kappa shape index (κ1) is 12.9. The standard InChI is InChI=1S/C14H15ClN2O/c1-10-4-5-12(13(15)7-10)14(18)17-6-2-3-11(8-16)9-17/h4-5,7,11H,2-3,6,9H2,1H3. The first-order valence-electron chi connectivity index (χ1n) is 6.07. The van der Waals surface area contributed by atoms with E-state index in [1.807, 2.05) is 13.0 Å². The van der Waals surface area contributed by atoms with Gasteiger partial charge in [0.15, 0.2) is 0 Å². The highest BCUT2D eigenvalue weighted by Crippen LogP contribution is 2.22. The maximum Gasteiger partial charge on any atom is 0.255 e. The SMILES string of the molecule is Cc1ccc(C(=O)N2CCCC(C#N)C2)c(Cl)c1. The normalized spacial score (nSPS) is 19.4. The largest absolute Gasteiger partial charge is 0.337 e. The van der Waals surface area contributed by atoms with Gasteiger partial charge >= 0.3 is 0 Å². The molecule has 1 aromatic carbocycles. The Balaban J connectivity index is 2.18. The Labute approximate surface area is 112 Å². The summed E-state index contributed by atoms with van der Waals surface area (Å²) < 4.78 is 0. The van der Waals surface area contributed by atoms with Gasteiger partial charge in [-0.15, -0.1) is 0 Å². The predicted octanol–water partition coefficient (Wildman–Crippen LogP) is 3.02. The Hall–Kier alpha value is -1.53. The summed E-state index contributed by atoms with van der Waals surface area (Å²) in [6.07, 6.45) is 1.76. The van der Waals surface area contributed by atoms with Crippen LogP contribution in [0, 0.1) is 24.2 Å². The molecule has 0 saturated carbocycles. The summed E-state index contributed by atoms with van der Waals surface area (Å²) in [5, 5.41) is 9.42. The summed E-state index contributed by atoms with van der Waals surface area (Å²) >= 11 is 6.10. The van der Waals surface area contributed by atoms with Crippen molar-refractivity contribution in [1.29, 1.82) is 5.26 Å². The molecule has 94 valence electrons. The van der Waals surface area contributed by atoms with Gasteiger partial charge in [-0.1, -0.05) is 17.7 Å². The van der Waals surface area contributed by atoms with Crippen molar-refractivity contribution in [3.05, 3.63) is 34.3 Å². The lowest BCUT2D eigenvalue weighted by Crippen LogP contribution is -2.39. The summed E-state index contributed by atoms with van der Waals surface area (Å²) in [6.45, 7) is 3.16. The number of halogens is 1. The van der Waals surface area contributed by atoms with Gasteiger partial charge in [-0.25, -0.2) is 0 Å². The minimum atomic E-state index is -0.0695. The molecule has 2 rings (SSSR count). The summed E-state index contributed by atoms with van der Waals surface area (Å²) in [6, 6.07) is 7.67. The van der Waals surface area contributed by atoms with Crippen LogP contribution in [-0.4, -0.2) is 23.9 Å². The molecule has 1 atom stereocenters. The number of hydrogen-bond donors (Lipinski definition) is 0. The Bertz CT molecular complexity index is 507. The van der Waals surface area contributed by atoms with Crippen LogP contribution in [0.25, 0.3) is 0 Å². The van der Waals surface area contributed by atoms with Crippen molar-refractivity contribution in [2.45, 2.75) is 19.8 Å². The van der Waals surface area contributed by atoms with Crippen molar-refractivity contribution in [2.24, 2.45) is 5.92 Å². The van der Waals surface area contributed by atoms with E-state index in [0.717, 1.165) is 18.4 Å². The van der Waals surface area contributed by atoms with Gasteiger partial charge in [-0.05, 0) is 37.5 Å². The first-order valence-corrected chi connectivity index (χ1v) is 6.44. The Morgan fingerprint density at radius 1 is 1.56 bits per heavy atom. The number of carbonyl (C=O) groups excluding carboxylic acids is 1. The van der Waals surface area contributed by atoms with Crippen LogP contribution < -0.4 is 0 Å². The van der Waals surface area contributed by atoms with Gasteiger partial charge in [0, 0.05) is 13.1 Å². The quantitative estimate of drug-likeness (QED) is 0.781. The van der Waals surface area contributed by atoms with E-state index in [0.29, 0.717) is 23.7 Å². The number of aryl methyl sites for hydroxylation is 1. The highest BCUT2D eigenvalue weighted by molar-refractivity contribution is 6.33. The smallest absolute Gasteiger partial charge is 0.255 e. The van der Waals surface area contributed by atoms with Crippen LogP contribution in [0.15, 0.2) is 18.2 Å². The Morgan fingerprint density at radius 2 is 2.33 bits per heavy atom. The molecule has 0 N–H and O–H groups in total. The average molecular weight is 263 g/mol. The second-order valence-electron chi connectivity index (χ2n) is 4.70. The van der Waals surface area contributed by atoms with Gasteiger partial charge in [0.1, 0.15) is 0 Å². The van der Waals surface area contributed by atoms with Crippen LogP contribution in [0.3, 0.4) is 0 Å². The van der Waals surface area contributed by atoms with Crippen LogP contribution >= 0.6 is 11.6 Å². The highest BCUT2D eigenvalue weighted by Gasteiger charge is 2.25. The molecule has 0 spiro atoms. The fourth-order valence-corrected chi connectivity index (χ4v) is 2.55. The average Bonchev–Trinajstić information content (AvgIpc) is 2.38. The van der Waals surface area contributed by atoms with Crippen LogP contribution in [0.5, 0.6) is 0 Å². The zero-order valence-corrected chi connectivity index (χ0v) is 11.1. The molecule has 0 aromatic heterocycles. The topological polar surface area (TPSA) is 44.1 Å². The fourth-order valence-electron chi connectivity index (χ4n) is 2.23. The third kappa shape index (κ3) is 2.65. The molecule has 18 heavy (non-hydrogen) atoms. The van der Waals surface area contributed by atoms with E-state index in [9.17, 15) is 4.79 Å². The van der Waals surface area contributed by atoms with E-state index in [-0.39, 0.29) is 11.8 Å². The molecule has 3 nitrogen and oxygen atoms in total. The zero-order valence-electron chi connectivity index (χ0n) is 10.3. The molecular formula is C14H15ClN2O. The summed E-state index contributed by atoms with van der Waals surface area (Å²) in [7, 11) is 0. The number of nitriles is 1. The van der Waals surface area contributed by atoms with Gasteiger partial charge in [0.2, 0.25) is 0 Å². The van der Waals surface area contributed by atoms with Crippen molar-refractivity contribution in [3.8, 4) is 6.07 Å². The molecule has 1 aliphatic rings. The predicted molar refractivity (Wildman–Crippen MR) is 70.4 cm³/mol. The van der Waals surface area contributed by atoms with E-state index in [4.69, 9.17) is 16.9 Å². The van der Waals surface area contributed by atoms with E-state index in [1.54, 1.807) is 17.0 Å². The van der Waals surface area contributed by atoms with Crippen LogP contribution in [0.1, 0.15) is 28.8 Å². The lowest BCUT2D eigenvalue weighted by molar-refractivity contribution is 0.0699. The lowest BCUT2D eigenvalue weighted by Gasteiger charge is -2.29. The maximum absolute atomic E-state index is 12.3. The van der Waals surface area contributed by atoms with Crippen LogP contribution in [0.2, 0.25) is 5.02 Å². The highest BCUT2D eigenvalue weighted by atomic mass is 35.5. The number of rotatable bonds is 1. The van der Waals surface area contributed by atoms with E-state index in [1.165, 1.54) is 0 Å². The molecule has 1 heterocycles. The van der Waals surface area contributed by atoms with Crippen LogP contribution in [0.4, 0.5) is 0 Å². The molecular weight excluding hydrogens is 248 g/mol. The summed E-state index contributed by atoms with van der Waals surface area (Å²) in [4.78, 5) is 14.1. The van der Waals surface area contributed by atoms with Gasteiger partial charge < -0.3 is 4.90 Å². The molecule has 1 saturated heterocycles. The molecule has 1 aromatic rings. The van der Waals surface area contributed by atoms with Gasteiger partial charge in [0.05, 0.1) is 22.6 Å². The van der Waals surface area contributed by atoms with Gasteiger partial charge in [-0.3, -0.25) is 4.79 Å². The minimum Gasteiger partial charge on any atom is -0.337 e. The minimum absolute atomic E-state index is 0.0491. The number of piperidine rings is 1. The van der Waals surface area contributed by atoms with Gasteiger partial charge in [-0.2, -0.15) is 5.26 Å². The molecule has 1 unspecified atom stereocenters.